The van der Waals surface area contributed by atoms with Gasteiger partial charge in [-0.15, -0.1) is 11.3 Å². The first kappa shape index (κ1) is 24.6. The molecule has 1 saturated carbocycles. The van der Waals surface area contributed by atoms with Gasteiger partial charge in [-0.3, -0.25) is 19.8 Å². The zero-order valence-electron chi connectivity index (χ0n) is 19.3. The number of hydrogen-bond acceptors (Lipinski definition) is 6. The van der Waals surface area contributed by atoms with E-state index in [0.717, 1.165) is 45.4 Å². The third kappa shape index (κ3) is 6.98. The highest BCUT2D eigenvalue weighted by Crippen LogP contribution is 2.29. The summed E-state index contributed by atoms with van der Waals surface area (Å²) in [6.07, 6.45) is 4.64. The highest BCUT2D eigenvalue weighted by atomic mass is 32.1. The number of benzene rings is 1. The normalized spacial score (nSPS) is 18.7. The van der Waals surface area contributed by atoms with Crippen LogP contribution in [-0.4, -0.2) is 64.4 Å². The summed E-state index contributed by atoms with van der Waals surface area (Å²) in [7, 11) is 1.87. The minimum absolute atomic E-state index is 0.214. The van der Waals surface area contributed by atoms with E-state index in [9.17, 15) is 14.4 Å². The van der Waals surface area contributed by atoms with E-state index < -0.39 is 12.0 Å². The van der Waals surface area contributed by atoms with Crippen LogP contribution in [0, 0.1) is 18.8 Å². The van der Waals surface area contributed by atoms with E-state index in [2.05, 4.69) is 22.2 Å². The number of nitrogens with one attached hydrogen (secondary N) is 1. The van der Waals surface area contributed by atoms with Crippen LogP contribution in [0.25, 0.3) is 10.2 Å². The second-order valence-electron chi connectivity index (χ2n) is 8.70. The molecule has 2 N–H and O–H groups in total. The van der Waals surface area contributed by atoms with Gasteiger partial charge in [-0.1, -0.05) is 19.8 Å². The van der Waals surface area contributed by atoms with Gasteiger partial charge in [-0.25, -0.2) is 14.8 Å². The molecular formula is C23H31N5O4S. The number of carboxylic acid groups (broad SMARTS) is 1. The van der Waals surface area contributed by atoms with Crippen molar-refractivity contribution in [1.29, 1.82) is 0 Å². The number of hydrogen-bond donors (Lipinski definition) is 2. The van der Waals surface area contributed by atoms with E-state index in [4.69, 9.17) is 5.11 Å². The fourth-order valence-corrected chi connectivity index (χ4v) is 4.86. The van der Waals surface area contributed by atoms with E-state index in [0.29, 0.717) is 24.0 Å². The SMILES string of the molecule is Cc1nc2ccc(N=C(NC(=O)N(C=O)CCC(=O)O)N(C)CC3CCC(C)CC3)cc2s1. The van der Waals surface area contributed by atoms with Crippen molar-refractivity contribution in [2.24, 2.45) is 16.8 Å². The lowest BCUT2D eigenvalue weighted by molar-refractivity contribution is -0.137. The fourth-order valence-electron chi connectivity index (χ4n) is 4.00. The molecule has 33 heavy (non-hydrogen) atoms. The lowest BCUT2D eigenvalue weighted by atomic mass is 9.83. The van der Waals surface area contributed by atoms with E-state index in [1.807, 2.05) is 37.1 Å². The van der Waals surface area contributed by atoms with E-state index in [1.54, 1.807) is 11.3 Å². The number of aromatic nitrogens is 1. The van der Waals surface area contributed by atoms with Crippen molar-refractivity contribution < 1.29 is 19.5 Å². The summed E-state index contributed by atoms with van der Waals surface area (Å²) in [5, 5.41) is 12.6. The van der Waals surface area contributed by atoms with Crippen LogP contribution in [0.2, 0.25) is 0 Å². The maximum absolute atomic E-state index is 12.7. The largest absolute Gasteiger partial charge is 0.481 e. The Morgan fingerprint density at radius 2 is 2.03 bits per heavy atom. The Bertz CT molecular complexity index is 1030. The molecule has 0 atom stereocenters. The Kier molecular flexibility index (Phi) is 8.37. The molecule has 1 aromatic carbocycles. The zero-order valence-corrected chi connectivity index (χ0v) is 20.1. The van der Waals surface area contributed by atoms with Gasteiger partial charge in [-0.05, 0) is 49.8 Å². The summed E-state index contributed by atoms with van der Waals surface area (Å²) in [4.78, 5) is 46.8. The summed E-state index contributed by atoms with van der Waals surface area (Å²) in [5.41, 5.74) is 1.56. The van der Waals surface area contributed by atoms with E-state index >= 15 is 0 Å². The maximum atomic E-state index is 12.7. The number of amides is 3. The van der Waals surface area contributed by atoms with Crippen molar-refractivity contribution >= 4 is 51.6 Å². The van der Waals surface area contributed by atoms with Gasteiger partial charge < -0.3 is 10.0 Å². The van der Waals surface area contributed by atoms with Gasteiger partial charge in [0.1, 0.15) is 0 Å². The number of aliphatic imine (C=N–C) groups is 1. The maximum Gasteiger partial charge on any atom is 0.330 e. The Labute approximate surface area is 197 Å². The number of fused-ring (bicyclic) bond motifs is 1. The summed E-state index contributed by atoms with van der Waals surface area (Å²) in [6.45, 7) is 4.73. The topological polar surface area (TPSA) is 115 Å². The smallest absolute Gasteiger partial charge is 0.330 e. The van der Waals surface area contributed by atoms with Crippen molar-refractivity contribution in [3.63, 3.8) is 0 Å². The van der Waals surface area contributed by atoms with Gasteiger partial charge >= 0.3 is 12.0 Å². The number of guanidine groups is 1. The molecule has 178 valence electrons. The van der Waals surface area contributed by atoms with Crippen LogP contribution in [0.3, 0.4) is 0 Å². The van der Waals surface area contributed by atoms with Crippen molar-refractivity contribution in [2.45, 2.75) is 46.0 Å². The van der Waals surface area contributed by atoms with Crippen LogP contribution >= 0.6 is 11.3 Å². The zero-order chi connectivity index (χ0) is 24.0. The minimum atomic E-state index is -1.08. The number of carbonyl (C=O) groups is 3. The van der Waals surface area contributed by atoms with Crippen LogP contribution in [-0.2, 0) is 9.59 Å². The first-order valence-electron chi connectivity index (χ1n) is 11.2. The van der Waals surface area contributed by atoms with Gasteiger partial charge in [0.2, 0.25) is 12.4 Å². The van der Waals surface area contributed by atoms with Gasteiger partial charge in [-0.2, -0.15) is 0 Å². The molecule has 10 heteroatoms. The van der Waals surface area contributed by atoms with Gasteiger partial charge in [0.25, 0.3) is 0 Å². The highest BCUT2D eigenvalue weighted by Gasteiger charge is 2.23. The molecule has 0 unspecified atom stereocenters. The number of aliphatic carboxylic acids is 1. The first-order chi connectivity index (χ1) is 15.7. The van der Waals surface area contributed by atoms with Crippen LogP contribution in [0.15, 0.2) is 23.2 Å². The first-order valence-corrected chi connectivity index (χ1v) is 12.0. The molecule has 0 radical (unpaired) electrons. The Balaban J connectivity index is 1.82. The van der Waals surface area contributed by atoms with Gasteiger partial charge in [0.15, 0.2) is 0 Å². The van der Waals surface area contributed by atoms with Crippen molar-refractivity contribution in [1.82, 2.24) is 20.1 Å². The molecule has 0 aliphatic heterocycles. The van der Waals surface area contributed by atoms with Gasteiger partial charge in [0.05, 0.1) is 27.3 Å². The lowest BCUT2D eigenvalue weighted by Gasteiger charge is -2.31. The van der Waals surface area contributed by atoms with E-state index in [-0.39, 0.29) is 13.0 Å². The fraction of sp³-hybridized carbons (Fsp3) is 0.522. The Morgan fingerprint density at radius 3 is 2.70 bits per heavy atom. The molecule has 1 aliphatic carbocycles. The average Bonchev–Trinajstić information content (AvgIpc) is 3.14. The molecule has 9 nitrogen and oxygen atoms in total. The monoisotopic (exact) mass is 473 g/mol. The van der Waals surface area contributed by atoms with Crippen molar-refractivity contribution in [2.75, 3.05) is 20.1 Å². The minimum Gasteiger partial charge on any atom is -0.481 e. The third-order valence-corrected chi connectivity index (χ3v) is 6.85. The van der Waals surface area contributed by atoms with Crippen molar-refractivity contribution in [3.05, 3.63) is 23.2 Å². The molecule has 1 aromatic heterocycles. The number of urea groups is 1. The summed E-state index contributed by atoms with van der Waals surface area (Å²) in [6, 6.07) is 4.95. The Morgan fingerprint density at radius 1 is 1.30 bits per heavy atom. The number of imide groups is 1. The molecular weight excluding hydrogens is 442 g/mol. The second kappa shape index (κ2) is 11.2. The molecule has 1 fully saturated rings. The van der Waals surface area contributed by atoms with E-state index in [1.165, 1.54) is 12.8 Å². The Hall–Kier alpha value is -3.01. The molecule has 2 aromatic rings. The van der Waals surface area contributed by atoms with Crippen LogP contribution in [0.5, 0.6) is 0 Å². The molecule has 0 spiro atoms. The number of nitrogens with zero attached hydrogens (tertiary/aromatic N) is 4. The predicted octanol–water partition coefficient (Wildman–Crippen LogP) is 3.99. The summed E-state index contributed by atoms with van der Waals surface area (Å²) >= 11 is 1.57. The number of thiazole rings is 1. The molecule has 3 rings (SSSR count). The second-order valence-corrected chi connectivity index (χ2v) is 9.93. The lowest BCUT2D eigenvalue weighted by Crippen LogP contribution is -2.49. The third-order valence-electron chi connectivity index (χ3n) is 5.92. The standard InChI is InChI=1S/C23H31N5O4S/c1-15-4-6-17(7-5-15)13-27(3)22(26-23(32)28(14-29)11-10-21(30)31)25-18-8-9-19-20(12-18)33-16(2)24-19/h8-9,12,14-15,17H,4-7,10-11,13H2,1-3H3,(H,30,31)(H,25,26,32). The summed E-state index contributed by atoms with van der Waals surface area (Å²) in [5.74, 6) is 0.472. The number of aryl methyl sites for hydroxylation is 1. The van der Waals surface area contributed by atoms with Crippen molar-refractivity contribution in [3.8, 4) is 0 Å². The number of carbonyl (C=O) groups excluding carboxylic acids is 2. The predicted molar refractivity (Wildman–Crippen MR) is 129 cm³/mol. The van der Waals surface area contributed by atoms with Crippen LogP contribution in [0.4, 0.5) is 10.5 Å². The molecule has 1 heterocycles. The van der Waals surface area contributed by atoms with Crippen LogP contribution < -0.4 is 5.32 Å². The molecule has 0 bridgehead atoms. The number of rotatable bonds is 7. The molecule has 3 amide bonds. The molecule has 1 aliphatic rings. The summed E-state index contributed by atoms with van der Waals surface area (Å²) < 4.78 is 0.999. The van der Waals surface area contributed by atoms with Gasteiger partial charge in [0, 0.05) is 20.1 Å². The molecule has 0 saturated heterocycles. The number of carboxylic acids is 1. The average molecular weight is 474 g/mol. The highest BCUT2D eigenvalue weighted by molar-refractivity contribution is 7.18. The quantitative estimate of drug-likeness (QED) is 0.357. The van der Waals surface area contributed by atoms with Crippen LogP contribution in [0.1, 0.15) is 44.0 Å².